The van der Waals surface area contributed by atoms with E-state index in [0.29, 0.717) is 6.54 Å². The number of benzene rings is 1. The van der Waals surface area contributed by atoms with E-state index in [0.717, 1.165) is 54.9 Å². The average Bonchev–Trinajstić information content (AvgIpc) is 2.95. The molecule has 1 saturated heterocycles. The van der Waals surface area contributed by atoms with Crippen molar-refractivity contribution < 1.29 is 9.53 Å². The molecular weight excluding hydrogens is 374 g/mol. The van der Waals surface area contributed by atoms with Crippen LogP contribution in [0.25, 0.3) is 0 Å². The van der Waals surface area contributed by atoms with E-state index in [-0.39, 0.29) is 31.0 Å². The molecule has 1 aliphatic heterocycles. The van der Waals surface area contributed by atoms with Crippen LogP contribution in [0.15, 0.2) is 42.6 Å². The second kappa shape index (κ2) is 11.0. The number of pyridine rings is 1. The van der Waals surface area contributed by atoms with Gasteiger partial charge in [0.1, 0.15) is 5.75 Å². The molecule has 1 atom stereocenters. The molecule has 1 fully saturated rings. The zero-order valence-electron chi connectivity index (χ0n) is 16.7. The summed E-state index contributed by atoms with van der Waals surface area (Å²) in [7, 11) is 0. The molecule has 5 nitrogen and oxygen atoms in total. The molecule has 0 aliphatic carbocycles. The lowest BCUT2D eigenvalue weighted by Gasteiger charge is -2.31. The lowest BCUT2D eigenvalue weighted by Crippen LogP contribution is -2.43. The number of para-hydroxylation sites is 1. The van der Waals surface area contributed by atoms with E-state index in [9.17, 15) is 4.79 Å². The Bertz CT molecular complexity index is 726. The molecule has 2 aromatic rings. The van der Waals surface area contributed by atoms with E-state index in [2.05, 4.69) is 10.3 Å². The summed E-state index contributed by atoms with van der Waals surface area (Å²) >= 11 is 0. The smallest absolute Gasteiger partial charge is 0.261 e. The Hall–Kier alpha value is -2.11. The van der Waals surface area contributed by atoms with Crippen molar-refractivity contribution in [2.24, 2.45) is 0 Å². The topological polar surface area (TPSA) is 54.5 Å². The molecule has 28 heavy (non-hydrogen) atoms. The van der Waals surface area contributed by atoms with Crippen molar-refractivity contribution in [1.29, 1.82) is 0 Å². The number of hydrogen-bond donors (Lipinski definition) is 1. The molecule has 2 heterocycles. The molecule has 1 aromatic carbocycles. The zero-order valence-corrected chi connectivity index (χ0v) is 17.5. The fraction of sp³-hybridized carbons (Fsp3) is 0.455. The Balaban J connectivity index is 0.00000280. The van der Waals surface area contributed by atoms with Gasteiger partial charge in [0.25, 0.3) is 5.91 Å². The summed E-state index contributed by atoms with van der Waals surface area (Å²) in [6.45, 7) is 6.56. The standard InChI is InChI=1S/C22H29N3O2.ClH/c1-17-7-5-8-18(2)22(17)27-16-21(26)25(15-19-9-3-4-13-24-19)20-10-6-12-23-14-11-20;/h3-5,7-9,13,20,23H,6,10-12,14-16H2,1-2H3;1H. The van der Waals surface area contributed by atoms with Gasteiger partial charge in [0.15, 0.2) is 6.61 Å². The predicted octanol–water partition coefficient (Wildman–Crippen LogP) is 3.67. The highest BCUT2D eigenvalue weighted by Crippen LogP contribution is 2.23. The minimum atomic E-state index is 0. The maximum Gasteiger partial charge on any atom is 0.261 e. The zero-order chi connectivity index (χ0) is 19.1. The number of rotatable bonds is 6. The molecule has 152 valence electrons. The van der Waals surface area contributed by atoms with Gasteiger partial charge in [-0.25, -0.2) is 0 Å². The van der Waals surface area contributed by atoms with Crippen LogP contribution >= 0.6 is 12.4 Å². The third kappa shape index (κ3) is 5.94. The first-order chi connectivity index (χ1) is 13.1. The first-order valence-electron chi connectivity index (χ1n) is 9.74. The monoisotopic (exact) mass is 403 g/mol. The molecule has 1 unspecified atom stereocenters. The number of aryl methyl sites for hydroxylation is 2. The number of amides is 1. The van der Waals surface area contributed by atoms with Gasteiger partial charge >= 0.3 is 0 Å². The molecule has 3 rings (SSSR count). The minimum absolute atomic E-state index is 0. The first kappa shape index (κ1) is 22.2. The van der Waals surface area contributed by atoms with Crippen LogP contribution in [0.2, 0.25) is 0 Å². The third-order valence-electron chi connectivity index (χ3n) is 5.11. The summed E-state index contributed by atoms with van der Waals surface area (Å²) < 4.78 is 5.94. The number of carbonyl (C=O) groups excluding carboxylic acids is 1. The molecule has 0 saturated carbocycles. The van der Waals surface area contributed by atoms with E-state index < -0.39 is 0 Å². The molecular formula is C22H30ClN3O2. The largest absolute Gasteiger partial charge is 0.483 e. The normalized spacial score (nSPS) is 16.6. The Labute approximate surface area is 173 Å². The first-order valence-corrected chi connectivity index (χ1v) is 9.74. The van der Waals surface area contributed by atoms with Gasteiger partial charge in [-0.05, 0) is 69.5 Å². The van der Waals surface area contributed by atoms with E-state index >= 15 is 0 Å². The minimum Gasteiger partial charge on any atom is -0.483 e. The van der Waals surface area contributed by atoms with Crippen LogP contribution in [-0.4, -0.2) is 41.5 Å². The highest BCUT2D eigenvalue weighted by atomic mass is 35.5. The van der Waals surface area contributed by atoms with Gasteiger partial charge in [-0.1, -0.05) is 24.3 Å². The molecule has 0 radical (unpaired) electrons. The van der Waals surface area contributed by atoms with Crippen LogP contribution in [0.4, 0.5) is 0 Å². The lowest BCUT2D eigenvalue weighted by atomic mass is 10.1. The van der Waals surface area contributed by atoms with Gasteiger partial charge in [0.05, 0.1) is 12.2 Å². The summed E-state index contributed by atoms with van der Waals surface area (Å²) in [6, 6.07) is 12.1. The molecule has 1 N–H and O–H groups in total. The quantitative estimate of drug-likeness (QED) is 0.799. The maximum atomic E-state index is 13.1. The van der Waals surface area contributed by atoms with E-state index in [1.807, 2.05) is 55.1 Å². The lowest BCUT2D eigenvalue weighted by molar-refractivity contribution is -0.136. The summed E-state index contributed by atoms with van der Waals surface area (Å²) in [5.41, 5.74) is 3.02. The highest BCUT2D eigenvalue weighted by molar-refractivity contribution is 5.85. The predicted molar refractivity (Wildman–Crippen MR) is 114 cm³/mol. The summed E-state index contributed by atoms with van der Waals surface area (Å²) in [5, 5.41) is 3.42. The summed E-state index contributed by atoms with van der Waals surface area (Å²) in [4.78, 5) is 19.5. The van der Waals surface area contributed by atoms with Gasteiger partial charge in [-0.3, -0.25) is 9.78 Å². The molecule has 0 spiro atoms. The number of ether oxygens (including phenoxy) is 1. The molecule has 1 aliphatic rings. The molecule has 6 heteroatoms. The SMILES string of the molecule is Cc1cccc(C)c1OCC(=O)N(Cc1ccccn1)C1CCCNCC1.Cl. The maximum absolute atomic E-state index is 13.1. The Morgan fingerprint density at radius 3 is 2.64 bits per heavy atom. The van der Waals surface area contributed by atoms with Crippen LogP contribution in [-0.2, 0) is 11.3 Å². The Morgan fingerprint density at radius 2 is 1.93 bits per heavy atom. The van der Waals surface area contributed by atoms with Gasteiger partial charge in [0, 0.05) is 12.2 Å². The van der Waals surface area contributed by atoms with Crippen LogP contribution in [0, 0.1) is 13.8 Å². The number of aromatic nitrogens is 1. The second-order valence-electron chi connectivity index (χ2n) is 7.19. The summed E-state index contributed by atoms with van der Waals surface area (Å²) in [6.07, 6.45) is 4.82. The van der Waals surface area contributed by atoms with Crippen molar-refractivity contribution in [3.63, 3.8) is 0 Å². The van der Waals surface area contributed by atoms with Crippen LogP contribution < -0.4 is 10.1 Å². The van der Waals surface area contributed by atoms with Gasteiger partial charge in [0.2, 0.25) is 0 Å². The van der Waals surface area contributed by atoms with Crippen molar-refractivity contribution in [2.45, 2.75) is 45.7 Å². The van der Waals surface area contributed by atoms with Crippen molar-refractivity contribution in [1.82, 2.24) is 15.2 Å². The van der Waals surface area contributed by atoms with E-state index in [4.69, 9.17) is 4.74 Å². The second-order valence-corrected chi connectivity index (χ2v) is 7.19. The van der Waals surface area contributed by atoms with Gasteiger partial charge < -0.3 is 15.0 Å². The van der Waals surface area contributed by atoms with Crippen LogP contribution in [0.3, 0.4) is 0 Å². The van der Waals surface area contributed by atoms with Crippen molar-refractivity contribution >= 4 is 18.3 Å². The average molecular weight is 404 g/mol. The fourth-order valence-corrected chi connectivity index (χ4v) is 3.64. The third-order valence-corrected chi connectivity index (χ3v) is 5.11. The van der Waals surface area contributed by atoms with Gasteiger partial charge in [-0.2, -0.15) is 0 Å². The van der Waals surface area contributed by atoms with Crippen molar-refractivity contribution in [3.05, 3.63) is 59.4 Å². The van der Waals surface area contributed by atoms with Crippen LogP contribution in [0.1, 0.15) is 36.1 Å². The number of nitrogens with zero attached hydrogens (tertiary/aromatic N) is 2. The Kier molecular flexibility index (Phi) is 8.74. The summed E-state index contributed by atoms with van der Waals surface area (Å²) in [5.74, 6) is 0.835. The number of nitrogens with one attached hydrogen (secondary N) is 1. The highest BCUT2D eigenvalue weighted by Gasteiger charge is 2.25. The molecule has 1 amide bonds. The molecule has 0 bridgehead atoms. The van der Waals surface area contributed by atoms with Crippen molar-refractivity contribution in [3.8, 4) is 5.75 Å². The van der Waals surface area contributed by atoms with Crippen LogP contribution in [0.5, 0.6) is 5.75 Å². The Morgan fingerprint density at radius 1 is 1.14 bits per heavy atom. The number of halogens is 1. The number of hydrogen-bond acceptors (Lipinski definition) is 4. The fourth-order valence-electron chi connectivity index (χ4n) is 3.64. The van der Waals surface area contributed by atoms with E-state index in [1.165, 1.54) is 0 Å². The molecule has 1 aromatic heterocycles. The number of carbonyl (C=O) groups is 1. The van der Waals surface area contributed by atoms with Gasteiger partial charge in [-0.15, -0.1) is 12.4 Å². The van der Waals surface area contributed by atoms with E-state index in [1.54, 1.807) is 6.20 Å². The van der Waals surface area contributed by atoms with Crippen molar-refractivity contribution in [2.75, 3.05) is 19.7 Å².